The second-order valence-corrected chi connectivity index (χ2v) is 10.4. The number of hydrogen-bond acceptors (Lipinski definition) is 6. The summed E-state index contributed by atoms with van der Waals surface area (Å²) in [5, 5.41) is 20.1. The van der Waals surface area contributed by atoms with Gasteiger partial charge in [-0.2, -0.15) is 5.10 Å². The Morgan fingerprint density at radius 2 is 1.86 bits per heavy atom. The molecule has 0 aliphatic carbocycles. The molecule has 1 atom stereocenters. The molecule has 1 amide bonds. The highest BCUT2D eigenvalue weighted by molar-refractivity contribution is 6.30. The molecule has 5 rings (SSSR count). The molecule has 1 unspecified atom stereocenters. The maximum Gasteiger partial charge on any atom is 0.257 e. The van der Waals surface area contributed by atoms with Crippen LogP contribution in [0.3, 0.4) is 0 Å². The number of rotatable bonds is 5. The van der Waals surface area contributed by atoms with Crippen molar-refractivity contribution in [3.05, 3.63) is 82.8 Å². The topological polar surface area (TPSA) is 97.9 Å². The van der Waals surface area contributed by atoms with Crippen molar-refractivity contribution < 1.29 is 9.21 Å². The highest BCUT2D eigenvalue weighted by Crippen LogP contribution is 2.40. The van der Waals surface area contributed by atoms with E-state index < -0.39 is 5.54 Å². The molecule has 3 heterocycles. The summed E-state index contributed by atoms with van der Waals surface area (Å²) in [7, 11) is 0. The first kappa shape index (κ1) is 23.1. The zero-order valence-corrected chi connectivity index (χ0v) is 20.8. The van der Waals surface area contributed by atoms with Crippen LogP contribution in [0.25, 0.3) is 11.5 Å². The van der Waals surface area contributed by atoms with Gasteiger partial charge in [-0.25, -0.2) is 4.68 Å². The lowest BCUT2D eigenvalue weighted by Gasteiger charge is -2.38. The molecule has 180 valence electrons. The van der Waals surface area contributed by atoms with Crippen LogP contribution >= 0.6 is 11.6 Å². The summed E-state index contributed by atoms with van der Waals surface area (Å²) in [6.07, 6.45) is 2.45. The molecule has 1 aliphatic heterocycles. The van der Waals surface area contributed by atoms with E-state index in [0.29, 0.717) is 28.2 Å². The molecule has 2 N–H and O–H groups in total. The van der Waals surface area contributed by atoms with E-state index in [2.05, 4.69) is 51.9 Å². The number of hydrogen-bond donors (Lipinski definition) is 2. The maximum atomic E-state index is 13.4. The van der Waals surface area contributed by atoms with Gasteiger partial charge in [-0.15, -0.1) is 10.2 Å². The molecule has 2 aromatic heterocycles. The minimum absolute atomic E-state index is 0.0628. The average molecular weight is 491 g/mol. The van der Waals surface area contributed by atoms with E-state index in [0.717, 1.165) is 12.0 Å². The molecule has 8 nitrogen and oxygen atoms in total. The highest BCUT2D eigenvalue weighted by Gasteiger charge is 2.38. The molecule has 4 aromatic rings. The number of fused-ring (bicyclic) bond motifs is 1. The van der Waals surface area contributed by atoms with Gasteiger partial charge in [-0.05, 0) is 63.9 Å². The lowest BCUT2D eigenvalue weighted by molar-refractivity contribution is 0.0899. The van der Waals surface area contributed by atoms with Crippen molar-refractivity contribution in [1.29, 1.82) is 0 Å². The molecule has 0 radical (unpaired) electrons. The third-order valence-corrected chi connectivity index (χ3v) is 6.53. The summed E-state index contributed by atoms with van der Waals surface area (Å²) in [5.41, 5.74) is 1.20. The Labute approximate surface area is 208 Å². The van der Waals surface area contributed by atoms with E-state index in [9.17, 15) is 4.79 Å². The fraction of sp³-hybridized carbons (Fsp3) is 0.308. The Morgan fingerprint density at radius 1 is 1.14 bits per heavy atom. The normalized spacial score (nSPS) is 16.9. The van der Waals surface area contributed by atoms with Crippen molar-refractivity contribution in [2.24, 2.45) is 0 Å². The van der Waals surface area contributed by atoms with Crippen LogP contribution < -0.4 is 10.6 Å². The Kier molecular flexibility index (Phi) is 5.63. The maximum absolute atomic E-state index is 13.4. The number of benzene rings is 2. The van der Waals surface area contributed by atoms with Crippen molar-refractivity contribution >= 4 is 23.3 Å². The van der Waals surface area contributed by atoms with Crippen LogP contribution in [0.5, 0.6) is 0 Å². The van der Waals surface area contributed by atoms with Gasteiger partial charge in [0.15, 0.2) is 0 Å². The molecule has 0 spiro atoms. The van der Waals surface area contributed by atoms with Crippen molar-refractivity contribution in [1.82, 2.24) is 25.3 Å². The third-order valence-electron chi connectivity index (χ3n) is 6.28. The number of amides is 1. The monoisotopic (exact) mass is 490 g/mol. The first-order valence-electron chi connectivity index (χ1n) is 11.5. The fourth-order valence-corrected chi connectivity index (χ4v) is 4.52. The number of nitrogens with zero attached hydrogens (tertiary/aromatic N) is 4. The highest BCUT2D eigenvalue weighted by atomic mass is 35.5. The molecular formula is C26H27ClN6O2. The SMILES string of the molecule is CC(C)(NC(=O)c1cnn2c1NC(c1ccccc1)CC2(C)C)c1nnc(-c2ccc(Cl)cc2)o1. The lowest BCUT2D eigenvalue weighted by Crippen LogP contribution is -2.42. The number of carbonyl (C=O) groups is 1. The summed E-state index contributed by atoms with van der Waals surface area (Å²) in [5.74, 6) is 1.07. The quantitative estimate of drug-likeness (QED) is 0.381. The van der Waals surface area contributed by atoms with Gasteiger partial charge in [0.05, 0.1) is 17.8 Å². The molecule has 35 heavy (non-hydrogen) atoms. The van der Waals surface area contributed by atoms with Crippen LogP contribution in [0.15, 0.2) is 65.2 Å². The van der Waals surface area contributed by atoms with Crippen molar-refractivity contribution in [3.8, 4) is 11.5 Å². The van der Waals surface area contributed by atoms with E-state index >= 15 is 0 Å². The van der Waals surface area contributed by atoms with E-state index in [1.807, 2.05) is 36.7 Å². The number of anilines is 1. The standard InChI is InChI=1S/C26H27ClN6O2/c1-25(2)14-20(16-8-6-5-7-9-16)29-21-19(15-28-33(21)25)22(34)30-26(3,4)24-32-31-23(35-24)17-10-12-18(27)13-11-17/h5-13,15,20,29H,14H2,1-4H3,(H,30,34). The van der Waals surface area contributed by atoms with Crippen LogP contribution in [0, 0.1) is 0 Å². The molecule has 0 bridgehead atoms. The predicted molar refractivity (Wildman–Crippen MR) is 134 cm³/mol. The van der Waals surface area contributed by atoms with E-state index in [4.69, 9.17) is 16.0 Å². The molecule has 2 aromatic carbocycles. The van der Waals surface area contributed by atoms with Crippen LogP contribution in [-0.2, 0) is 11.1 Å². The second-order valence-electron chi connectivity index (χ2n) is 9.94. The van der Waals surface area contributed by atoms with Crippen molar-refractivity contribution in [2.75, 3.05) is 5.32 Å². The summed E-state index contributed by atoms with van der Waals surface area (Å²) < 4.78 is 7.79. The number of nitrogens with one attached hydrogen (secondary N) is 2. The smallest absolute Gasteiger partial charge is 0.257 e. The molecule has 0 saturated carbocycles. The molecule has 1 aliphatic rings. The predicted octanol–water partition coefficient (Wildman–Crippen LogP) is 5.54. The van der Waals surface area contributed by atoms with Crippen molar-refractivity contribution in [3.63, 3.8) is 0 Å². The Hall–Kier alpha value is -3.65. The zero-order chi connectivity index (χ0) is 24.8. The first-order valence-corrected chi connectivity index (χ1v) is 11.8. The Morgan fingerprint density at radius 3 is 2.57 bits per heavy atom. The second kappa shape index (κ2) is 8.53. The van der Waals surface area contributed by atoms with Crippen molar-refractivity contribution in [2.45, 2.75) is 51.2 Å². The number of aromatic nitrogens is 4. The van der Waals surface area contributed by atoms with E-state index in [-0.39, 0.29) is 17.5 Å². The molecular weight excluding hydrogens is 464 g/mol. The van der Waals surface area contributed by atoms with Gasteiger partial charge in [0.25, 0.3) is 5.91 Å². The van der Waals surface area contributed by atoms with Gasteiger partial charge in [0.2, 0.25) is 11.8 Å². The lowest BCUT2D eigenvalue weighted by atomic mass is 9.89. The third kappa shape index (κ3) is 4.41. The molecule has 0 fully saturated rings. The minimum Gasteiger partial charge on any atom is -0.418 e. The first-order chi connectivity index (χ1) is 16.6. The molecule has 9 heteroatoms. The van der Waals surface area contributed by atoms with Gasteiger partial charge in [-0.1, -0.05) is 41.9 Å². The van der Waals surface area contributed by atoms with Crippen LogP contribution in [0.4, 0.5) is 5.82 Å². The van der Waals surface area contributed by atoms with E-state index in [1.165, 1.54) is 5.56 Å². The van der Waals surface area contributed by atoms with Crippen LogP contribution in [0.2, 0.25) is 5.02 Å². The van der Waals surface area contributed by atoms with Crippen LogP contribution in [0.1, 0.15) is 62.0 Å². The minimum atomic E-state index is -0.910. The zero-order valence-electron chi connectivity index (χ0n) is 20.0. The van der Waals surface area contributed by atoms with Gasteiger partial charge in [-0.3, -0.25) is 4.79 Å². The fourth-order valence-electron chi connectivity index (χ4n) is 4.39. The summed E-state index contributed by atoms with van der Waals surface area (Å²) >= 11 is 5.97. The van der Waals surface area contributed by atoms with Gasteiger partial charge < -0.3 is 15.1 Å². The Bertz CT molecular complexity index is 1360. The van der Waals surface area contributed by atoms with Gasteiger partial charge >= 0.3 is 0 Å². The average Bonchev–Trinajstić information content (AvgIpc) is 3.48. The van der Waals surface area contributed by atoms with E-state index in [1.54, 1.807) is 30.5 Å². The number of halogens is 1. The number of carbonyl (C=O) groups excluding carboxylic acids is 1. The van der Waals surface area contributed by atoms with Gasteiger partial charge in [0.1, 0.15) is 16.9 Å². The molecule has 0 saturated heterocycles. The van der Waals surface area contributed by atoms with Gasteiger partial charge in [0, 0.05) is 10.6 Å². The van der Waals surface area contributed by atoms with Crippen LogP contribution in [-0.4, -0.2) is 25.9 Å². The summed E-state index contributed by atoms with van der Waals surface area (Å²) in [6.45, 7) is 7.90. The Balaban J connectivity index is 1.39. The summed E-state index contributed by atoms with van der Waals surface area (Å²) in [6, 6.07) is 17.4. The summed E-state index contributed by atoms with van der Waals surface area (Å²) in [4.78, 5) is 13.4. The largest absolute Gasteiger partial charge is 0.418 e.